The lowest BCUT2D eigenvalue weighted by atomic mass is 10.2. The normalized spacial score (nSPS) is 20.4. The Kier molecular flexibility index (Phi) is 2.51. The van der Waals surface area contributed by atoms with Crippen LogP contribution < -0.4 is 5.56 Å². The molecular formula is C9H10N2O4. The average molecular weight is 210 g/mol. The number of ether oxygens (including phenoxy) is 1. The minimum atomic E-state index is -1.25. The van der Waals surface area contributed by atoms with Gasteiger partial charge in [0.05, 0.1) is 19.0 Å². The van der Waals surface area contributed by atoms with Gasteiger partial charge in [0.2, 0.25) is 0 Å². The second-order valence-corrected chi connectivity index (χ2v) is 3.36. The highest BCUT2D eigenvalue weighted by molar-refractivity contribution is 5.86. The van der Waals surface area contributed by atoms with E-state index in [4.69, 9.17) is 9.84 Å². The molecule has 1 aliphatic rings. The first kappa shape index (κ1) is 9.85. The molecule has 6 heteroatoms. The van der Waals surface area contributed by atoms with Crippen LogP contribution in [-0.2, 0) is 4.74 Å². The smallest absolute Gasteiger partial charge is 0.342 e. The van der Waals surface area contributed by atoms with E-state index in [1.165, 1.54) is 12.5 Å². The van der Waals surface area contributed by atoms with Crippen LogP contribution in [0.1, 0.15) is 22.8 Å². The quantitative estimate of drug-likeness (QED) is 0.737. The van der Waals surface area contributed by atoms with Crippen molar-refractivity contribution in [2.45, 2.75) is 12.5 Å². The molecular weight excluding hydrogens is 200 g/mol. The van der Waals surface area contributed by atoms with E-state index in [9.17, 15) is 9.59 Å². The lowest BCUT2D eigenvalue weighted by Crippen LogP contribution is -2.22. The molecule has 1 N–H and O–H groups in total. The molecule has 0 bridgehead atoms. The monoisotopic (exact) mass is 210 g/mol. The van der Waals surface area contributed by atoms with Crippen LogP contribution in [-0.4, -0.2) is 33.8 Å². The molecule has 1 unspecified atom stereocenters. The fraction of sp³-hybridized carbons (Fsp3) is 0.444. The first-order valence-electron chi connectivity index (χ1n) is 4.57. The molecule has 1 saturated heterocycles. The van der Waals surface area contributed by atoms with E-state index in [0.29, 0.717) is 13.2 Å². The van der Waals surface area contributed by atoms with Crippen LogP contribution >= 0.6 is 0 Å². The molecule has 80 valence electrons. The fourth-order valence-electron chi connectivity index (χ4n) is 1.53. The van der Waals surface area contributed by atoms with Gasteiger partial charge >= 0.3 is 5.97 Å². The van der Waals surface area contributed by atoms with Crippen LogP contribution in [0.5, 0.6) is 0 Å². The fourth-order valence-corrected chi connectivity index (χ4v) is 1.53. The van der Waals surface area contributed by atoms with Crippen molar-refractivity contribution >= 4 is 5.97 Å². The largest absolute Gasteiger partial charge is 0.477 e. The van der Waals surface area contributed by atoms with E-state index in [1.54, 1.807) is 4.57 Å². The van der Waals surface area contributed by atoms with Crippen LogP contribution in [0.15, 0.2) is 17.3 Å². The summed E-state index contributed by atoms with van der Waals surface area (Å²) in [5.74, 6) is -1.25. The average Bonchev–Trinajstić information content (AvgIpc) is 2.71. The molecule has 2 rings (SSSR count). The summed E-state index contributed by atoms with van der Waals surface area (Å²) >= 11 is 0. The highest BCUT2D eigenvalue weighted by atomic mass is 16.5. The summed E-state index contributed by atoms with van der Waals surface area (Å²) in [7, 11) is 0. The number of hydrogen-bond acceptors (Lipinski definition) is 4. The number of aromatic carboxylic acids is 1. The summed E-state index contributed by atoms with van der Waals surface area (Å²) in [6.45, 7) is 1.18. The van der Waals surface area contributed by atoms with E-state index in [-0.39, 0.29) is 11.6 Å². The van der Waals surface area contributed by atoms with E-state index >= 15 is 0 Å². The first-order valence-corrected chi connectivity index (χ1v) is 4.57. The lowest BCUT2D eigenvalue weighted by Gasteiger charge is -2.11. The molecule has 6 nitrogen and oxygen atoms in total. The maximum absolute atomic E-state index is 11.1. The van der Waals surface area contributed by atoms with Gasteiger partial charge in [-0.25, -0.2) is 4.79 Å². The summed E-state index contributed by atoms with van der Waals surface area (Å²) in [5, 5.41) is 8.75. The zero-order valence-corrected chi connectivity index (χ0v) is 7.92. The molecule has 1 aliphatic heterocycles. The Balaban J connectivity index is 2.37. The van der Waals surface area contributed by atoms with Crippen LogP contribution in [0.4, 0.5) is 0 Å². The highest BCUT2D eigenvalue weighted by Crippen LogP contribution is 2.17. The summed E-state index contributed by atoms with van der Waals surface area (Å²) in [6, 6.07) is 0.0798. The topological polar surface area (TPSA) is 81.4 Å². The standard InChI is InChI=1S/C9H10N2O4/c12-8-7(9(13)14)3-11(5-10-8)6-1-2-15-4-6/h3,5-6H,1-2,4H2,(H,13,14). The second kappa shape index (κ2) is 3.82. The number of carboxylic acids is 1. The van der Waals surface area contributed by atoms with Crippen molar-refractivity contribution in [1.29, 1.82) is 0 Å². The molecule has 0 saturated carbocycles. The number of hydrogen-bond donors (Lipinski definition) is 1. The van der Waals surface area contributed by atoms with Crippen molar-refractivity contribution < 1.29 is 14.6 Å². The van der Waals surface area contributed by atoms with Gasteiger partial charge in [-0.1, -0.05) is 0 Å². The lowest BCUT2D eigenvalue weighted by molar-refractivity contribution is 0.0693. The number of nitrogens with zero attached hydrogens (tertiary/aromatic N) is 2. The molecule has 15 heavy (non-hydrogen) atoms. The molecule has 2 heterocycles. The van der Waals surface area contributed by atoms with Gasteiger partial charge in [-0.15, -0.1) is 0 Å². The van der Waals surface area contributed by atoms with Gasteiger partial charge in [-0.2, -0.15) is 4.98 Å². The maximum Gasteiger partial charge on any atom is 0.342 e. The van der Waals surface area contributed by atoms with Gasteiger partial charge in [-0.3, -0.25) is 4.79 Å². The van der Waals surface area contributed by atoms with E-state index in [1.807, 2.05) is 0 Å². The molecule has 0 radical (unpaired) electrons. The Morgan fingerprint density at radius 1 is 1.67 bits per heavy atom. The third-order valence-electron chi connectivity index (χ3n) is 2.37. The maximum atomic E-state index is 11.1. The summed E-state index contributed by atoms with van der Waals surface area (Å²) in [5.41, 5.74) is -1.01. The molecule has 0 amide bonds. The van der Waals surface area contributed by atoms with Gasteiger partial charge in [0.15, 0.2) is 0 Å². The highest BCUT2D eigenvalue weighted by Gasteiger charge is 2.19. The summed E-state index contributed by atoms with van der Waals surface area (Å²) in [6.07, 6.45) is 3.48. The van der Waals surface area contributed by atoms with Crippen LogP contribution in [0.2, 0.25) is 0 Å². The number of carboxylic acid groups (broad SMARTS) is 1. The Morgan fingerprint density at radius 3 is 3.07 bits per heavy atom. The third kappa shape index (κ3) is 1.89. The van der Waals surface area contributed by atoms with Gasteiger partial charge in [-0.05, 0) is 6.42 Å². The van der Waals surface area contributed by atoms with Gasteiger partial charge < -0.3 is 14.4 Å². The molecule has 1 atom stereocenters. The Morgan fingerprint density at radius 2 is 2.47 bits per heavy atom. The van der Waals surface area contributed by atoms with Crippen LogP contribution in [0.25, 0.3) is 0 Å². The van der Waals surface area contributed by atoms with Gasteiger partial charge in [0, 0.05) is 12.8 Å². The zero-order chi connectivity index (χ0) is 10.8. The van der Waals surface area contributed by atoms with Crippen molar-refractivity contribution in [3.05, 3.63) is 28.4 Å². The van der Waals surface area contributed by atoms with Crippen molar-refractivity contribution in [1.82, 2.24) is 9.55 Å². The minimum Gasteiger partial charge on any atom is -0.477 e. The van der Waals surface area contributed by atoms with E-state index in [2.05, 4.69) is 4.98 Å². The SMILES string of the molecule is O=C(O)c1cn(C2CCOC2)cnc1=O. The van der Waals surface area contributed by atoms with Crippen LogP contribution in [0, 0.1) is 0 Å². The Labute approximate surface area is 85.1 Å². The third-order valence-corrected chi connectivity index (χ3v) is 2.37. The van der Waals surface area contributed by atoms with Crippen molar-refractivity contribution in [2.75, 3.05) is 13.2 Å². The molecule has 0 spiro atoms. The number of carbonyl (C=O) groups is 1. The van der Waals surface area contributed by atoms with E-state index in [0.717, 1.165) is 6.42 Å². The van der Waals surface area contributed by atoms with Crippen molar-refractivity contribution in [3.63, 3.8) is 0 Å². The molecule has 1 fully saturated rings. The molecule has 1 aromatic rings. The summed E-state index contributed by atoms with van der Waals surface area (Å²) in [4.78, 5) is 25.3. The number of aromatic nitrogens is 2. The van der Waals surface area contributed by atoms with Crippen molar-refractivity contribution in [2.24, 2.45) is 0 Å². The predicted molar refractivity (Wildman–Crippen MR) is 49.9 cm³/mol. The van der Waals surface area contributed by atoms with Gasteiger partial charge in [0.1, 0.15) is 5.56 Å². The predicted octanol–water partition coefficient (Wildman–Crippen LogP) is -0.0971. The summed E-state index contributed by atoms with van der Waals surface area (Å²) < 4.78 is 6.79. The van der Waals surface area contributed by atoms with Gasteiger partial charge in [0.25, 0.3) is 5.56 Å². The van der Waals surface area contributed by atoms with E-state index < -0.39 is 11.5 Å². The minimum absolute atomic E-state index is 0.0798. The molecule has 0 aromatic carbocycles. The van der Waals surface area contributed by atoms with Crippen molar-refractivity contribution in [3.8, 4) is 0 Å². The molecule has 0 aliphatic carbocycles. The Bertz CT molecular complexity index is 434. The first-order chi connectivity index (χ1) is 7.18. The second-order valence-electron chi connectivity index (χ2n) is 3.36. The Hall–Kier alpha value is -1.69. The van der Waals surface area contributed by atoms with Crippen LogP contribution in [0.3, 0.4) is 0 Å². The zero-order valence-electron chi connectivity index (χ0n) is 7.92. The molecule has 1 aromatic heterocycles. The number of rotatable bonds is 2.